The molecule has 2 unspecified atom stereocenters. The molecule has 2 heterocycles. The summed E-state index contributed by atoms with van der Waals surface area (Å²) in [7, 11) is 0. The fraction of sp³-hybridized carbons (Fsp3) is 0.765. The van der Waals surface area contributed by atoms with Gasteiger partial charge in [-0.05, 0) is 63.2 Å². The number of likely N-dealkylation sites (tertiary alicyclic amines) is 1. The quantitative estimate of drug-likeness (QED) is 0.863. The van der Waals surface area contributed by atoms with E-state index in [0.29, 0.717) is 6.04 Å². The van der Waals surface area contributed by atoms with Crippen molar-refractivity contribution < 1.29 is 4.42 Å². The van der Waals surface area contributed by atoms with Crippen LogP contribution < -0.4 is 5.32 Å². The molecular weight excluding hydrogens is 248 g/mol. The van der Waals surface area contributed by atoms with E-state index in [1.165, 1.54) is 32.4 Å². The minimum atomic E-state index is 0.607. The highest BCUT2D eigenvalue weighted by atomic mass is 16.3. The predicted molar refractivity (Wildman–Crippen MR) is 83.6 cm³/mol. The summed E-state index contributed by atoms with van der Waals surface area (Å²) in [4.78, 5) is 2.65. The van der Waals surface area contributed by atoms with Gasteiger partial charge in [-0.2, -0.15) is 0 Å². The minimum absolute atomic E-state index is 0.607. The van der Waals surface area contributed by atoms with Crippen LogP contribution in [-0.2, 0) is 6.54 Å². The largest absolute Gasteiger partial charge is 0.468 e. The molecule has 1 saturated heterocycles. The van der Waals surface area contributed by atoms with Crippen LogP contribution in [0.2, 0.25) is 0 Å². The molecule has 0 saturated carbocycles. The summed E-state index contributed by atoms with van der Waals surface area (Å²) in [5.41, 5.74) is 0. The number of furan rings is 1. The van der Waals surface area contributed by atoms with Crippen molar-refractivity contribution in [2.75, 3.05) is 19.6 Å². The van der Waals surface area contributed by atoms with Gasteiger partial charge in [0.25, 0.3) is 0 Å². The fourth-order valence-corrected chi connectivity index (χ4v) is 3.20. The van der Waals surface area contributed by atoms with Crippen LogP contribution in [0.4, 0.5) is 0 Å². The Bertz CT molecular complexity index is 361. The van der Waals surface area contributed by atoms with E-state index in [9.17, 15) is 0 Å². The van der Waals surface area contributed by atoms with Crippen molar-refractivity contribution in [2.45, 2.75) is 52.6 Å². The van der Waals surface area contributed by atoms with Crippen molar-refractivity contribution in [3.8, 4) is 0 Å². The molecule has 0 radical (unpaired) electrons. The molecule has 1 aliphatic rings. The maximum absolute atomic E-state index is 5.35. The summed E-state index contributed by atoms with van der Waals surface area (Å²) in [6.07, 6.45) is 5.85. The van der Waals surface area contributed by atoms with Gasteiger partial charge in [0.2, 0.25) is 0 Å². The Hall–Kier alpha value is -0.800. The van der Waals surface area contributed by atoms with Gasteiger partial charge in [0.15, 0.2) is 0 Å². The molecule has 1 aromatic heterocycles. The zero-order valence-electron chi connectivity index (χ0n) is 13.3. The zero-order valence-corrected chi connectivity index (χ0v) is 13.3. The summed E-state index contributed by atoms with van der Waals surface area (Å²) in [6, 6.07) is 4.58. The monoisotopic (exact) mass is 278 g/mol. The lowest BCUT2D eigenvalue weighted by Gasteiger charge is -2.28. The van der Waals surface area contributed by atoms with Gasteiger partial charge in [0.05, 0.1) is 12.8 Å². The predicted octanol–water partition coefficient (Wildman–Crippen LogP) is 3.52. The standard InChI is InChI=1S/C17H30N2O/c1-14(2)16-6-4-9-19(10-8-16)15(3)12-18-13-17-7-5-11-20-17/h5,7,11,14-16,18H,4,6,8-10,12-13H2,1-3H3. The van der Waals surface area contributed by atoms with Gasteiger partial charge in [-0.3, -0.25) is 4.90 Å². The van der Waals surface area contributed by atoms with Crippen LogP contribution in [0.3, 0.4) is 0 Å². The van der Waals surface area contributed by atoms with Gasteiger partial charge >= 0.3 is 0 Å². The number of nitrogens with zero attached hydrogens (tertiary/aromatic N) is 1. The first-order valence-corrected chi connectivity index (χ1v) is 8.14. The molecule has 2 rings (SSSR count). The van der Waals surface area contributed by atoms with Crippen molar-refractivity contribution in [2.24, 2.45) is 11.8 Å². The normalized spacial score (nSPS) is 22.9. The van der Waals surface area contributed by atoms with Crippen molar-refractivity contribution in [1.29, 1.82) is 0 Å². The lowest BCUT2D eigenvalue weighted by Crippen LogP contribution is -2.40. The van der Waals surface area contributed by atoms with Crippen LogP contribution in [0.1, 0.15) is 45.8 Å². The summed E-state index contributed by atoms with van der Waals surface area (Å²) < 4.78 is 5.35. The molecular formula is C17H30N2O. The van der Waals surface area contributed by atoms with E-state index in [4.69, 9.17) is 4.42 Å². The van der Waals surface area contributed by atoms with E-state index in [2.05, 4.69) is 31.0 Å². The Morgan fingerprint density at radius 1 is 1.30 bits per heavy atom. The SMILES string of the molecule is CC(C)C1CCCN(C(C)CNCc2ccco2)CC1. The second-order valence-electron chi connectivity index (χ2n) is 6.53. The first-order valence-electron chi connectivity index (χ1n) is 8.14. The molecule has 1 fully saturated rings. The molecule has 0 aromatic carbocycles. The van der Waals surface area contributed by atoms with Crippen LogP contribution in [-0.4, -0.2) is 30.6 Å². The maximum Gasteiger partial charge on any atom is 0.117 e. The summed E-state index contributed by atoms with van der Waals surface area (Å²) in [5.74, 6) is 2.78. The average Bonchev–Trinajstić information content (AvgIpc) is 2.80. The van der Waals surface area contributed by atoms with Gasteiger partial charge in [-0.15, -0.1) is 0 Å². The highest BCUT2D eigenvalue weighted by Gasteiger charge is 2.22. The zero-order chi connectivity index (χ0) is 14.4. The molecule has 0 amide bonds. The van der Waals surface area contributed by atoms with Gasteiger partial charge in [-0.25, -0.2) is 0 Å². The second-order valence-corrected chi connectivity index (χ2v) is 6.53. The highest BCUT2D eigenvalue weighted by Crippen LogP contribution is 2.25. The third-order valence-electron chi connectivity index (χ3n) is 4.69. The van der Waals surface area contributed by atoms with E-state index in [-0.39, 0.29) is 0 Å². The van der Waals surface area contributed by atoms with Crippen molar-refractivity contribution in [1.82, 2.24) is 10.2 Å². The Kier molecular flexibility index (Phi) is 6.11. The Labute approximate surface area is 123 Å². The molecule has 20 heavy (non-hydrogen) atoms. The Morgan fingerprint density at radius 2 is 2.15 bits per heavy atom. The van der Waals surface area contributed by atoms with Gasteiger partial charge in [0, 0.05) is 12.6 Å². The van der Waals surface area contributed by atoms with Crippen LogP contribution in [0.5, 0.6) is 0 Å². The van der Waals surface area contributed by atoms with E-state index in [1.54, 1.807) is 6.26 Å². The van der Waals surface area contributed by atoms with Crippen LogP contribution in [0.15, 0.2) is 22.8 Å². The Morgan fingerprint density at radius 3 is 2.85 bits per heavy atom. The third kappa shape index (κ3) is 4.64. The highest BCUT2D eigenvalue weighted by molar-refractivity contribution is 4.97. The summed E-state index contributed by atoms with van der Waals surface area (Å²) in [5, 5.41) is 3.50. The molecule has 1 aliphatic heterocycles. The number of hydrogen-bond acceptors (Lipinski definition) is 3. The minimum Gasteiger partial charge on any atom is -0.468 e. The average molecular weight is 278 g/mol. The molecule has 3 nitrogen and oxygen atoms in total. The van der Waals surface area contributed by atoms with E-state index in [0.717, 1.165) is 30.7 Å². The van der Waals surface area contributed by atoms with E-state index >= 15 is 0 Å². The topological polar surface area (TPSA) is 28.4 Å². The third-order valence-corrected chi connectivity index (χ3v) is 4.69. The van der Waals surface area contributed by atoms with Gasteiger partial charge < -0.3 is 9.73 Å². The Balaban J connectivity index is 1.70. The molecule has 0 spiro atoms. The van der Waals surface area contributed by atoms with Crippen LogP contribution in [0.25, 0.3) is 0 Å². The molecule has 0 bridgehead atoms. The lowest BCUT2D eigenvalue weighted by atomic mass is 9.89. The van der Waals surface area contributed by atoms with Crippen molar-refractivity contribution in [3.63, 3.8) is 0 Å². The number of hydrogen-bond donors (Lipinski definition) is 1. The molecule has 114 valence electrons. The maximum atomic E-state index is 5.35. The summed E-state index contributed by atoms with van der Waals surface area (Å²) >= 11 is 0. The molecule has 2 atom stereocenters. The first-order chi connectivity index (χ1) is 9.66. The summed E-state index contributed by atoms with van der Waals surface area (Å²) in [6.45, 7) is 11.5. The fourth-order valence-electron chi connectivity index (χ4n) is 3.20. The molecule has 0 aliphatic carbocycles. The van der Waals surface area contributed by atoms with Crippen LogP contribution >= 0.6 is 0 Å². The van der Waals surface area contributed by atoms with Crippen LogP contribution in [0, 0.1) is 11.8 Å². The van der Waals surface area contributed by atoms with Gasteiger partial charge in [-0.1, -0.05) is 13.8 Å². The molecule has 3 heteroatoms. The first kappa shape index (κ1) is 15.6. The van der Waals surface area contributed by atoms with Crippen molar-refractivity contribution in [3.05, 3.63) is 24.2 Å². The number of nitrogens with one attached hydrogen (secondary N) is 1. The molecule has 1 aromatic rings. The van der Waals surface area contributed by atoms with E-state index in [1.807, 2.05) is 12.1 Å². The van der Waals surface area contributed by atoms with E-state index < -0.39 is 0 Å². The second kappa shape index (κ2) is 7.84. The van der Waals surface area contributed by atoms with Crippen molar-refractivity contribution >= 4 is 0 Å². The smallest absolute Gasteiger partial charge is 0.117 e. The van der Waals surface area contributed by atoms with Gasteiger partial charge in [0.1, 0.15) is 5.76 Å². The lowest BCUT2D eigenvalue weighted by molar-refractivity contribution is 0.205. The molecule has 1 N–H and O–H groups in total. The number of rotatable bonds is 6.